The molecule has 2 atom stereocenters. The summed E-state index contributed by atoms with van der Waals surface area (Å²) in [6.07, 6.45) is -0.487. The van der Waals surface area contributed by atoms with Crippen molar-refractivity contribution in [2.45, 2.75) is 32.5 Å². The highest BCUT2D eigenvalue weighted by molar-refractivity contribution is 5.69. The van der Waals surface area contributed by atoms with Gasteiger partial charge in [0, 0.05) is 6.42 Å². The third-order valence-electron chi connectivity index (χ3n) is 3.32. The summed E-state index contributed by atoms with van der Waals surface area (Å²) in [6, 6.07) is 18.9. The third-order valence-corrected chi connectivity index (χ3v) is 3.32. The number of hydrogen-bond donors (Lipinski definition) is 0. The van der Waals surface area contributed by atoms with E-state index in [0.29, 0.717) is 6.42 Å². The molecule has 122 valence electrons. The normalized spacial score (nSPS) is 13.0. The third kappa shape index (κ3) is 5.66. The molecule has 2 rings (SSSR count). The first-order valence-corrected chi connectivity index (χ1v) is 7.78. The Morgan fingerprint density at radius 2 is 1.52 bits per heavy atom. The van der Waals surface area contributed by atoms with Gasteiger partial charge < -0.3 is 14.2 Å². The molecule has 2 aromatic rings. The molecule has 0 N–H and O–H groups in total. The number of rotatable bonds is 8. The zero-order chi connectivity index (χ0) is 16.5. The maximum atomic E-state index is 11.7. The van der Waals surface area contributed by atoms with Crippen LogP contribution in [-0.2, 0) is 9.53 Å². The smallest absolute Gasteiger partial charge is 0.306 e. The summed E-state index contributed by atoms with van der Waals surface area (Å²) >= 11 is 0. The van der Waals surface area contributed by atoms with Crippen molar-refractivity contribution >= 4 is 5.97 Å². The number of esters is 1. The first-order chi connectivity index (χ1) is 11.2. The van der Waals surface area contributed by atoms with Gasteiger partial charge in [-0.25, -0.2) is 0 Å². The first kappa shape index (κ1) is 16.9. The van der Waals surface area contributed by atoms with Crippen molar-refractivity contribution in [2.75, 3.05) is 6.61 Å². The van der Waals surface area contributed by atoms with Gasteiger partial charge in [0.2, 0.25) is 0 Å². The molecule has 0 amide bonds. The Morgan fingerprint density at radius 3 is 2.09 bits per heavy atom. The van der Waals surface area contributed by atoms with Crippen molar-refractivity contribution in [1.82, 2.24) is 0 Å². The lowest BCUT2D eigenvalue weighted by atomic mass is 10.2. The molecule has 1 unspecified atom stereocenters. The monoisotopic (exact) mass is 314 g/mol. The van der Waals surface area contributed by atoms with Crippen molar-refractivity contribution in [3.63, 3.8) is 0 Å². The molecule has 23 heavy (non-hydrogen) atoms. The van der Waals surface area contributed by atoms with Gasteiger partial charge in [-0.05, 0) is 31.2 Å². The van der Waals surface area contributed by atoms with Crippen LogP contribution in [0.3, 0.4) is 0 Å². The molecule has 0 fully saturated rings. The molecular weight excluding hydrogens is 292 g/mol. The molecule has 0 aliphatic heterocycles. The van der Waals surface area contributed by atoms with E-state index in [1.54, 1.807) is 6.92 Å². The lowest BCUT2D eigenvalue weighted by Gasteiger charge is -2.25. The first-order valence-electron chi connectivity index (χ1n) is 7.78. The fraction of sp³-hybridized carbons (Fsp3) is 0.316. The summed E-state index contributed by atoms with van der Waals surface area (Å²) < 4.78 is 17.0. The minimum atomic E-state index is -0.483. The van der Waals surface area contributed by atoms with Gasteiger partial charge in [-0.15, -0.1) is 0 Å². The van der Waals surface area contributed by atoms with E-state index < -0.39 is 6.10 Å². The number of ether oxygens (including phenoxy) is 3. The van der Waals surface area contributed by atoms with Crippen LogP contribution in [0, 0.1) is 0 Å². The van der Waals surface area contributed by atoms with Crippen LogP contribution in [0.4, 0.5) is 0 Å². The van der Waals surface area contributed by atoms with E-state index in [9.17, 15) is 4.79 Å². The molecule has 0 aliphatic carbocycles. The molecule has 0 aliphatic rings. The lowest BCUT2D eigenvalue weighted by Crippen LogP contribution is -2.38. The summed E-state index contributed by atoms with van der Waals surface area (Å²) in [4.78, 5) is 11.7. The van der Waals surface area contributed by atoms with E-state index in [1.807, 2.05) is 67.6 Å². The van der Waals surface area contributed by atoms with Gasteiger partial charge in [0.25, 0.3) is 0 Å². The van der Waals surface area contributed by atoms with E-state index >= 15 is 0 Å². The fourth-order valence-corrected chi connectivity index (χ4v) is 2.00. The molecule has 2 aromatic carbocycles. The minimum absolute atomic E-state index is 0.240. The standard InChI is InChI=1S/C19H22O4/c1-3-19(20)23-18(14-21-16-10-6-4-7-11-16)15(2)22-17-12-8-5-9-13-17/h4-13,15,18H,3,14H2,1-2H3/t15?,18-/m1/s1. The van der Waals surface area contributed by atoms with Crippen molar-refractivity contribution in [1.29, 1.82) is 0 Å². The SMILES string of the molecule is CCC(=O)O[C@H](COc1ccccc1)C(C)Oc1ccccc1. The van der Waals surface area contributed by atoms with Gasteiger partial charge in [0.1, 0.15) is 24.2 Å². The predicted octanol–water partition coefficient (Wildman–Crippen LogP) is 3.85. The van der Waals surface area contributed by atoms with Gasteiger partial charge in [-0.1, -0.05) is 43.3 Å². The van der Waals surface area contributed by atoms with Crippen LogP contribution in [0.1, 0.15) is 20.3 Å². The molecule has 0 aromatic heterocycles. The molecule has 0 radical (unpaired) electrons. The Labute approximate surface area is 137 Å². The van der Waals surface area contributed by atoms with Crippen LogP contribution < -0.4 is 9.47 Å². The highest BCUT2D eigenvalue weighted by Crippen LogP contribution is 2.16. The molecule has 0 spiro atoms. The number of benzene rings is 2. The maximum absolute atomic E-state index is 11.7. The summed E-state index contributed by atoms with van der Waals surface area (Å²) in [5, 5.41) is 0. The minimum Gasteiger partial charge on any atom is -0.490 e. The quantitative estimate of drug-likeness (QED) is 0.694. The summed E-state index contributed by atoms with van der Waals surface area (Å²) in [5.41, 5.74) is 0. The second kappa shape index (κ2) is 8.83. The van der Waals surface area contributed by atoms with Crippen molar-refractivity contribution in [3.05, 3.63) is 60.7 Å². The van der Waals surface area contributed by atoms with E-state index in [4.69, 9.17) is 14.2 Å². The van der Waals surface area contributed by atoms with Crippen LogP contribution in [0.15, 0.2) is 60.7 Å². The molecule has 0 saturated carbocycles. The number of para-hydroxylation sites is 2. The lowest BCUT2D eigenvalue weighted by molar-refractivity contribution is -0.155. The largest absolute Gasteiger partial charge is 0.490 e. The van der Waals surface area contributed by atoms with Gasteiger partial charge in [0.05, 0.1) is 0 Å². The highest BCUT2D eigenvalue weighted by atomic mass is 16.6. The van der Waals surface area contributed by atoms with E-state index in [2.05, 4.69) is 0 Å². The average Bonchev–Trinajstić information content (AvgIpc) is 2.60. The molecule has 0 saturated heterocycles. The highest BCUT2D eigenvalue weighted by Gasteiger charge is 2.24. The van der Waals surface area contributed by atoms with E-state index in [-0.39, 0.29) is 18.7 Å². The van der Waals surface area contributed by atoms with Crippen molar-refractivity contribution < 1.29 is 19.0 Å². The van der Waals surface area contributed by atoms with Gasteiger partial charge >= 0.3 is 5.97 Å². The molecule has 4 nitrogen and oxygen atoms in total. The van der Waals surface area contributed by atoms with Crippen molar-refractivity contribution in [2.24, 2.45) is 0 Å². The Balaban J connectivity index is 1.99. The van der Waals surface area contributed by atoms with Crippen LogP contribution in [0.25, 0.3) is 0 Å². The van der Waals surface area contributed by atoms with Crippen LogP contribution in [-0.4, -0.2) is 24.8 Å². The Kier molecular flexibility index (Phi) is 6.48. The van der Waals surface area contributed by atoms with Gasteiger partial charge in [-0.2, -0.15) is 0 Å². The maximum Gasteiger partial charge on any atom is 0.306 e. The zero-order valence-electron chi connectivity index (χ0n) is 13.5. The molecule has 0 heterocycles. The van der Waals surface area contributed by atoms with Crippen molar-refractivity contribution in [3.8, 4) is 11.5 Å². The van der Waals surface area contributed by atoms with Gasteiger partial charge in [-0.3, -0.25) is 4.79 Å². The van der Waals surface area contributed by atoms with Gasteiger partial charge in [0.15, 0.2) is 6.10 Å². The summed E-state index contributed by atoms with van der Waals surface area (Å²) in [7, 11) is 0. The Hall–Kier alpha value is -2.49. The molecule has 0 bridgehead atoms. The zero-order valence-corrected chi connectivity index (χ0v) is 13.5. The van der Waals surface area contributed by atoms with Crippen LogP contribution in [0.5, 0.6) is 11.5 Å². The van der Waals surface area contributed by atoms with E-state index in [1.165, 1.54) is 0 Å². The second-order valence-electron chi connectivity index (χ2n) is 5.14. The predicted molar refractivity (Wildman–Crippen MR) is 88.6 cm³/mol. The fourth-order valence-electron chi connectivity index (χ4n) is 2.00. The number of carbonyl (C=O) groups is 1. The van der Waals surface area contributed by atoms with Crippen LogP contribution in [0.2, 0.25) is 0 Å². The molecular formula is C19H22O4. The summed E-state index contributed by atoms with van der Waals surface area (Å²) in [5.74, 6) is 1.20. The second-order valence-corrected chi connectivity index (χ2v) is 5.14. The summed E-state index contributed by atoms with van der Waals surface area (Å²) in [6.45, 7) is 3.87. The Morgan fingerprint density at radius 1 is 0.957 bits per heavy atom. The topological polar surface area (TPSA) is 44.8 Å². The van der Waals surface area contributed by atoms with Crippen LogP contribution >= 0.6 is 0 Å². The molecule has 4 heteroatoms. The average molecular weight is 314 g/mol. The number of carbonyl (C=O) groups excluding carboxylic acids is 1. The Bertz CT molecular complexity index is 583. The van der Waals surface area contributed by atoms with E-state index in [0.717, 1.165) is 11.5 Å². The number of hydrogen-bond acceptors (Lipinski definition) is 4.